The minimum absolute atomic E-state index is 0.0178. The molecule has 0 radical (unpaired) electrons. The summed E-state index contributed by atoms with van der Waals surface area (Å²) in [6.07, 6.45) is 3.06. The van der Waals surface area contributed by atoms with Crippen LogP contribution in [0, 0.1) is 0 Å². The average molecular weight is 385 g/mol. The zero-order chi connectivity index (χ0) is 19.8. The van der Waals surface area contributed by atoms with Crippen LogP contribution >= 0.6 is 0 Å². The number of morpholine rings is 1. The molecule has 2 N–H and O–H groups in total. The van der Waals surface area contributed by atoms with Crippen molar-refractivity contribution in [2.75, 3.05) is 50.0 Å². The van der Waals surface area contributed by atoms with Gasteiger partial charge in [-0.05, 0) is 26.0 Å². The number of carbonyl (C=O) groups excluding carboxylic acids is 1. The molecule has 0 spiro atoms. The SMILES string of the molecule is CC(C)Oc1ccccc1NC(=O)c1cnc(NCCN2CCOCC2)nc1. The fraction of sp³-hybridized carbons (Fsp3) is 0.450. The molecule has 0 aliphatic carbocycles. The highest BCUT2D eigenvalue weighted by Gasteiger charge is 2.12. The number of carbonyl (C=O) groups is 1. The topological polar surface area (TPSA) is 88.6 Å². The quantitative estimate of drug-likeness (QED) is 0.720. The number of para-hydroxylation sites is 2. The van der Waals surface area contributed by atoms with E-state index in [9.17, 15) is 4.79 Å². The highest BCUT2D eigenvalue weighted by atomic mass is 16.5. The Morgan fingerprint density at radius 1 is 1.21 bits per heavy atom. The van der Waals surface area contributed by atoms with Crippen molar-refractivity contribution in [3.63, 3.8) is 0 Å². The molecule has 0 bridgehead atoms. The van der Waals surface area contributed by atoms with Crippen LogP contribution < -0.4 is 15.4 Å². The normalized spacial score (nSPS) is 14.7. The Bertz CT molecular complexity index is 761. The molecule has 1 aromatic heterocycles. The first-order valence-corrected chi connectivity index (χ1v) is 9.55. The first-order valence-electron chi connectivity index (χ1n) is 9.55. The van der Waals surface area contributed by atoms with Gasteiger partial charge in [-0.15, -0.1) is 0 Å². The first kappa shape index (κ1) is 20.0. The zero-order valence-electron chi connectivity index (χ0n) is 16.4. The van der Waals surface area contributed by atoms with Crippen LogP contribution in [0.3, 0.4) is 0 Å². The summed E-state index contributed by atoms with van der Waals surface area (Å²) >= 11 is 0. The van der Waals surface area contributed by atoms with Gasteiger partial charge in [0.25, 0.3) is 5.91 Å². The summed E-state index contributed by atoms with van der Waals surface area (Å²) in [6.45, 7) is 8.99. The number of nitrogens with one attached hydrogen (secondary N) is 2. The van der Waals surface area contributed by atoms with E-state index in [1.165, 1.54) is 12.4 Å². The largest absolute Gasteiger partial charge is 0.489 e. The Balaban J connectivity index is 1.52. The average Bonchev–Trinajstić information content (AvgIpc) is 2.70. The third-order valence-electron chi connectivity index (χ3n) is 4.23. The van der Waals surface area contributed by atoms with Crippen molar-refractivity contribution in [2.24, 2.45) is 0 Å². The highest BCUT2D eigenvalue weighted by molar-refractivity contribution is 6.04. The molecule has 2 aromatic rings. The van der Waals surface area contributed by atoms with Crippen LogP contribution in [0.25, 0.3) is 0 Å². The van der Waals surface area contributed by atoms with Crippen LogP contribution in [-0.4, -0.2) is 66.3 Å². The summed E-state index contributed by atoms with van der Waals surface area (Å²) in [4.78, 5) is 23.3. The lowest BCUT2D eigenvalue weighted by atomic mass is 10.2. The molecule has 0 unspecified atom stereocenters. The maximum atomic E-state index is 12.5. The Morgan fingerprint density at radius 3 is 2.64 bits per heavy atom. The van der Waals surface area contributed by atoms with E-state index >= 15 is 0 Å². The monoisotopic (exact) mass is 385 g/mol. The van der Waals surface area contributed by atoms with Gasteiger partial charge in [-0.1, -0.05) is 12.1 Å². The van der Waals surface area contributed by atoms with Crippen LogP contribution in [0.2, 0.25) is 0 Å². The second-order valence-corrected chi connectivity index (χ2v) is 6.79. The number of benzene rings is 1. The van der Waals surface area contributed by atoms with Gasteiger partial charge in [-0.2, -0.15) is 0 Å². The Hall–Kier alpha value is -2.71. The lowest BCUT2D eigenvalue weighted by Gasteiger charge is -2.26. The van der Waals surface area contributed by atoms with Crippen LogP contribution in [0.5, 0.6) is 5.75 Å². The number of hydrogen-bond donors (Lipinski definition) is 2. The number of nitrogens with zero attached hydrogens (tertiary/aromatic N) is 3. The lowest BCUT2D eigenvalue weighted by molar-refractivity contribution is 0.0398. The third kappa shape index (κ3) is 5.90. The minimum Gasteiger partial charge on any atom is -0.489 e. The lowest BCUT2D eigenvalue weighted by Crippen LogP contribution is -2.39. The second kappa shape index (κ2) is 10.0. The molecule has 1 aliphatic rings. The highest BCUT2D eigenvalue weighted by Crippen LogP contribution is 2.25. The van der Waals surface area contributed by atoms with E-state index < -0.39 is 0 Å². The molecular formula is C20H27N5O3. The molecule has 1 fully saturated rings. The molecule has 3 rings (SSSR count). The molecule has 0 atom stereocenters. The minimum atomic E-state index is -0.278. The summed E-state index contributed by atoms with van der Waals surface area (Å²) in [7, 11) is 0. The Kier molecular flexibility index (Phi) is 7.16. The van der Waals surface area contributed by atoms with Crippen molar-refractivity contribution in [3.8, 4) is 5.75 Å². The molecule has 2 heterocycles. The van der Waals surface area contributed by atoms with Gasteiger partial charge in [-0.3, -0.25) is 9.69 Å². The summed E-state index contributed by atoms with van der Waals surface area (Å²) in [5.41, 5.74) is 1.01. The van der Waals surface area contributed by atoms with Crippen LogP contribution in [0.4, 0.5) is 11.6 Å². The fourth-order valence-electron chi connectivity index (χ4n) is 2.81. The van der Waals surface area contributed by atoms with E-state index in [2.05, 4.69) is 25.5 Å². The van der Waals surface area contributed by atoms with Crippen molar-refractivity contribution in [1.82, 2.24) is 14.9 Å². The smallest absolute Gasteiger partial charge is 0.258 e. The van der Waals surface area contributed by atoms with E-state index in [1.807, 2.05) is 32.0 Å². The summed E-state index contributed by atoms with van der Waals surface area (Å²) in [5.74, 6) is 0.862. The molecule has 1 amide bonds. The van der Waals surface area contributed by atoms with Gasteiger partial charge in [0.15, 0.2) is 0 Å². The van der Waals surface area contributed by atoms with Crippen molar-refractivity contribution in [2.45, 2.75) is 20.0 Å². The number of ether oxygens (including phenoxy) is 2. The first-order chi connectivity index (χ1) is 13.6. The number of rotatable bonds is 8. The van der Waals surface area contributed by atoms with Crippen molar-refractivity contribution >= 4 is 17.5 Å². The zero-order valence-corrected chi connectivity index (χ0v) is 16.4. The van der Waals surface area contributed by atoms with Crippen LogP contribution in [0.1, 0.15) is 24.2 Å². The van der Waals surface area contributed by atoms with Crippen molar-refractivity contribution in [3.05, 3.63) is 42.2 Å². The van der Waals surface area contributed by atoms with Gasteiger partial charge in [0.1, 0.15) is 5.75 Å². The predicted molar refractivity (Wildman–Crippen MR) is 108 cm³/mol. The molecule has 8 heteroatoms. The standard InChI is InChI=1S/C20H27N5O3/c1-15(2)28-18-6-4-3-5-17(18)24-19(26)16-13-22-20(23-14-16)21-7-8-25-9-11-27-12-10-25/h3-6,13-15H,7-12H2,1-2H3,(H,24,26)(H,21,22,23). The molecular weight excluding hydrogens is 358 g/mol. The Morgan fingerprint density at radius 2 is 1.93 bits per heavy atom. The molecule has 1 saturated heterocycles. The second-order valence-electron chi connectivity index (χ2n) is 6.79. The van der Waals surface area contributed by atoms with Crippen LogP contribution in [-0.2, 0) is 4.74 Å². The van der Waals surface area contributed by atoms with Crippen molar-refractivity contribution in [1.29, 1.82) is 0 Å². The molecule has 0 saturated carbocycles. The summed E-state index contributed by atoms with van der Waals surface area (Å²) in [6, 6.07) is 7.35. The van der Waals surface area contributed by atoms with Gasteiger partial charge >= 0.3 is 0 Å². The summed E-state index contributed by atoms with van der Waals surface area (Å²) < 4.78 is 11.1. The Labute approximate surface area is 165 Å². The number of anilines is 2. The van der Waals surface area contributed by atoms with Gasteiger partial charge in [-0.25, -0.2) is 9.97 Å². The van der Waals surface area contributed by atoms with E-state index in [-0.39, 0.29) is 12.0 Å². The van der Waals surface area contributed by atoms with Gasteiger partial charge < -0.3 is 20.1 Å². The van der Waals surface area contributed by atoms with E-state index in [0.717, 1.165) is 39.4 Å². The van der Waals surface area contributed by atoms with Gasteiger partial charge in [0, 0.05) is 38.6 Å². The van der Waals surface area contributed by atoms with Gasteiger partial charge in [0.2, 0.25) is 5.95 Å². The maximum Gasteiger partial charge on any atom is 0.258 e. The summed E-state index contributed by atoms with van der Waals surface area (Å²) in [5, 5.41) is 6.04. The van der Waals surface area contributed by atoms with E-state index in [4.69, 9.17) is 9.47 Å². The molecule has 1 aromatic carbocycles. The third-order valence-corrected chi connectivity index (χ3v) is 4.23. The van der Waals surface area contributed by atoms with E-state index in [0.29, 0.717) is 22.9 Å². The predicted octanol–water partition coefficient (Wildman–Crippen LogP) is 2.26. The maximum absolute atomic E-state index is 12.5. The van der Waals surface area contributed by atoms with E-state index in [1.54, 1.807) is 6.07 Å². The number of hydrogen-bond acceptors (Lipinski definition) is 7. The molecule has 28 heavy (non-hydrogen) atoms. The van der Waals surface area contributed by atoms with Gasteiger partial charge in [0.05, 0.1) is 30.6 Å². The number of amides is 1. The molecule has 1 aliphatic heterocycles. The molecule has 8 nitrogen and oxygen atoms in total. The van der Waals surface area contributed by atoms with Crippen molar-refractivity contribution < 1.29 is 14.3 Å². The number of aromatic nitrogens is 2. The van der Waals surface area contributed by atoms with Crippen LogP contribution in [0.15, 0.2) is 36.7 Å². The molecule has 150 valence electrons. The fourth-order valence-corrected chi connectivity index (χ4v) is 2.81.